The Morgan fingerprint density at radius 3 is 2.54 bits per heavy atom. The maximum atomic E-state index is 14.3. The molecule has 3 aliphatic heterocycles. The van der Waals surface area contributed by atoms with Crippen molar-refractivity contribution in [3.8, 4) is 28.1 Å². The van der Waals surface area contributed by atoms with Crippen molar-refractivity contribution in [2.75, 3.05) is 27.4 Å². The molecule has 9 rings (SSSR count). The van der Waals surface area contributed by atoms with Gasteiger partial charge in [0, 0.05) is 36.6 Å². The molecule has 316 valence electrons. The second kappa shape index (κ2) is 16.3. The van der Waals surface area contributed by atoms with Crippen molar-refractivity contribution in [2.24, 2.45) is 17.6 Å². The largest absolute Gasteiger partial charge is 0.488 e. The van der Waals surface area contributed by atoms with Crippen molar-refractivity contribution < 1.29 is 28.6 Å². The van der Waals surface area contributed by atoms with E-state index in [0.29, 0.717) is 37.6 Å². The van der Waals surface area contributed by atoms with Crippen molar-refractivity contribution in [2.45, 2.75) is 76.8 Å². The van der Waals surface area contributed by atoms with E-state index in [-0.39, 0.29) is 41.8 Å². The SMILES string of the molecule is COC[C@H]1C[C@@H](c2ncc(-c3ccc4c(c3)COc3cc5c(ccc6[nH]c([C@@H]7CC[C@H](C)N7C(=O)[C@@H](N)C(C)C)nc65)cc3-4)[nH]2)N(C(=O)[C@H](NC(=O)OC)c2ccccc2)C1. The molecule has 0 radical (unpaired) electrons. The summed E-state index contributed by atoms with van der Waals surface area (Å²) >= 11 is 0. The third kappa shape index (κ3) is 7.37. The summed E-state index contributed by atoms with van der Waals surface area (Å²) < 4.78 is 16.8. The number of benzene rings is 4. The van der Waals surface area contributed by atoms with Crippen molar-refractivity contribution in [3.63, 3.8) is 0 Å². The summed E-state index contributed by atoms with van der Waals surface area (Å²) in [6.07, 6.45) is 3.48. The van der Waals surface area contributed by atoms with Gasteiger partial charge in [0.15, 0.2) is 0 Å². The molecule has 14 heteroatoms. The number of nitrogens with one attached hydrogen (secondary N) is 3. The number of rotatable bonds is 10. The first-order valence-corrected chi connectivity index (χ1v) is 21.1. The molecule has 2 aromatic heterocycles. The van der Waals surface area contributed by atoms with Gasteiger partial charge in [-0.15, -0.1) is 0 Å². The van der Waals surface area contributed by atoms with Crippen LogP contribution in [0.5, 0.6) is 5.75 Å². The summed E-state index contributed by atoms with van der Waals surface area (Å²) in [5.74, 6) is 2.07. The van der Waals surface area contributed by atoms with Crippen LogP contribution in [0.1, 0.15) is 80.9 Å². The fraction of sp³-hybridized carbons (Fsp3) is 0.383. The molecule has 3 aliphatic rings. The van der Waals surface area contributed by atoms with Crippen LogP contribution in [0, 0.1) is 11.8 Å². The zero-order valence-electron chi connectivity index (χ0n) is 35.1. The first-order valence-electron chi connectivity index (χ1n) is 21.1. The number of alkyl carbamates (subject to hydrolysis) is 1. The first-order chi connectivity index (χ1) is 29.5. The zero-order chi connectivity index (χ0) is 42.5. The minimum absolute atomic E-state index is 0.0281. The quantitative estimate of drug-likeness (QED) is 0.110. The van der Waals surface area contributed by atoms with Gasteiger partial charge in [-0.05, 0) is 84.0 Å². The predicted molar refractivity (Wildman–Crippen MR) is 231 cm³/mol. The van der Waals surface area contributed by atoms with E-state index in [9.17, 15) is 14.4 Å². The maximum absolute atomic E-state index is 14.3. The average Bonchev–Trinajstić information content (AvgIpc) is 4.10. The van der Waals surface area contributed by atoms with E-state index in [1.54, 1.807) is 18.2 Å². The number of aromatic nitrogens is 4. The van der Waals surface area contributed by atoms with Crippen LogP contribution in [0.4, 0.5) is 4.79 Å². The Morgan fingerprint density at radius 2 is 1.77 bits per heavy atom. The normalized spacial score (nSPS) is 20.7. The zero-order valence-corrected chi connectivity index (χ0v) is 35.1. The predicted octanol–water partition coefficient (Wildman–Crippen LogP) is 7.33. The third-order valence-corrected chi connectivity index (χ3v) is 12.7. The molecular formula is C47H52N8O6. The van der Waals surface area contributed by atoms with Gasteiger partial charge in [-0.1, -0.05) is 62.4 Å². The molecule has 0 spiro atoms. The van der Waals surface area contributed by atoms with Crippen LogP contribution >= 0.6 is 0 Å². The molecule has 0 bridgehead atoms. The van der Waals surface area contributed by atoms with Crippen LogP contribution in [-0.4, -0.2) is 87.1 Å². The van der Waals surface area contributed by atoms with Crippen molar-refractivity contribution >= 4 is 39.7 Å². The lowest BCUT2D eigenvalue weighted by Gasteiger charge is -2.31. The minimum Gasteiger partial charge on any atom is -0.488 e. The molecule has 0 aliphatic carbocycles. The number of amides is 3. The molecule has 5 N–H and O–H groups in total. The Kier molecular flexibility index (Phi) is 10.7. The average molecular weight is 825 g/mol. The highest BCUT2D eigenvalue weighted by atomic mass is 16.5. The Labute approximate surface area is 354 Å². The maximum Gasteiger partial charge on any atom is 0.407 e. The number of nitrogens with zero attached hydrogens (tertiary/aromatic N) is 4. The molecule has 14 nitrogen and oxygen atoms in total. The topological polar surface area (TPSA) is 181 Å². The molecular weight excluding hydrogens is 773 g/mol. The molecule has 5 heterocycles. The van der Waals surface area contributed by atoms with E-state index in [4.69, 9.17) is 29.9 Å². The van der Waals surface area contributed by atoms with Crippen molar-refractivity contribution in [1.82, 2.24) is 35.1 Å². The summed E-state index contributed by atoms with van der Waals surface area (Å²) in [5.41, 5.74) is 13.7. The van der Waals surface area contributed by atoms with E-state index in [0.717, 1.165) is 74.2 Å². The highest BCUT2D eigenvalue weighted by Crippen LogP contribution is 2.44. The van der Waals surface area contributed by atoms with Gasteiger partial charge in [0.05, 0.1) is 54.8 Å². The second-order valence-electron chi connectivity index (χ2n) is 17.0. The monoisotopic (exact) mass is 824 g/mol. The molecule has 0 unspecified atom stereocenters. The molecule has 4 aromatic carbocycles. The Hall–Kier alpha value is -6.25. The lowest BCUT2D eigenvalue weighted by Crippen LogP contribution is -2.48. The van der Waals surface area contributed by atoms with Gasteiger partial charge in [0.2, 0.25) is 5.91 Å². The number of imidazole rings is 2. The fourth-order valence-corrected chi connectivity index (χ4v) is 9.42. The number of H-pyrrole nitrogens is 2. The molecule has 6 aromatic rings. The van der Waals surface area contributed by atoms with Crippen LogP contribution in [-0.2, 0) is 25.7 Å². The van der Waals surface area contributed by atoms with E-state index in [1.807, 2.05) is 49.1 Å². The van der Waals surface area contributed by atoms with E-state index in [1.165, 1.54) is 7.11 Å². The minimum atomic E-state index is -0.937. The summed E-state index contributed by atoms with van der Waals surface area (Å²) in [6.45, 7) is 7.36. The number of hydrogen-bond acceptors (Lipinski definition) is 9. The van der Waals surface area contributed by atoms with Gasteiger partial charge in [0.25, 0.3) is 5.91 Å². The van der Waals surface area contributed by atoms with E-state index in [2.05, 4.69) is 64.7 Å². The van der Waals surface area contributed by atoms with E-state index >= 15 is 0 Å². The summed E-state index contributed by atoms with van der Waals surface area (Å²) in [5, 5.41) is 4.76. The number of likely N-dealkylation sites (tertiary alicyclic amines) is 2. The molecule has 61 heavy (non-hydrogen) atoms. The molecule has 3 amide bonds. The molecule has 2 fully saturated rings. The Balaban J connectivity index is 0.983. The molecule has 6 atom stereocenters. The standard InChI is InChI=1S/C47H52N8O6/c1-25(2)40(48)45(56)55-26(3)11-16-37(55)44-50-35-15-13-29-19-34-32-14-12-30(18-31(32)24-61-39(34)20-33(29)42(35)52-44)36-21-49-43(51-36)38-17-27(23-59-4)22-54(38)46(57)41(53-47(58)60-5)28-9-7-6-8-10-28/h6-10,12-15,18-21,25-27,37-38,40-41H,11,16-17,22-24,48H2,1-5H3,(H,49,51)(H,50,52)(H,53,58)/t26-,27-,37-,38-,40-,41+/m0/s1. The Morgan fingerprint density at radius 1 is 0.951 bits per heavy atom. The summed E-state index contributed by atoms with van der Waals surface area (Å²) in [4.78, 5) is 60.9. The number of ether oxygens (including phenoxy) is 3. The number of aromatic amines is 2. The first kappa shape index (κ1) is 40.2. The van der Waals surface area contributed by atoms with Gasteiger partial charge < -0.3 is 45.0 Å². The second-order valence-corrected chi connectivity index (χ2v) is 17.0. The summed E-state index contributed by atoms with van der Waals surface area (Å²) in [6, 6.07) is 22.0. The number of fused-ring (bicyclic) bond motifs is 6. The highest BCUT2D eigenvalue weighted by Gasteiger charge is 2.42. The lowest BCUT2D eigenvalue weighted by atomic mass is 9.92. The molecule has 0 saturated carbocycles. The van der Waals surface area contributed by atoms with Crippen molar-refractivity contribution in [3.05, 3.63) is 102 Å². The van der Waals surface area contributed by atoms with Crippen molar-refractivity contribution in [1.29, 1.82) is 0 Å². The number of methoxy groups -OCH3 is 2. The Bertz CT molecular complexity index is 2620. The van der Waals surface area contributed by atoms with Gasteiger partial charge in [-0.2, -0.15) is 0 Å². The lowest BCUT2D eigenvalue weighted by molar-refractivity contribution is -0.136. The number of carbonyl (C=O) groups is 3. The molecule has 2 saturated heterocycles. The van der Waals surface area contributed by atoms with Gasteiger partial charge in [0.1, 0.15) is 30.0 Å². The van der Waals surface area contributed by atoms with Crippen LogP contribution in [0.3, 0.4) is 0 Å². The van der Waals surface area contributed by atoms with Gasteiger partial charge in [-0.3, -0.25) is 9.59 Å². The van der Waals surface area contributed by atoms with Crippen LogP contribution in [0.25, 0.3) is 44.2 Å². The number of nitrogens with two attached hydrogens (primary N) is 1. The van der Waals surface area contributed by atoms with E-state index < -0.39 is 18.2 Å². The smallest absolute Gasteiger partial charge is 0.407 e. The van der Waals surface area contributed by atoms with Gasteiger partial charge in [-0.25, -0.2) is 14.8 Å². The number of hydrogen-bond donors (Lipinski definition) is 4. The van der Waals surface area contributed by atoms with Gasteiger partial charge >= 0.3 is 6.09 Å². The van der Waals surface area contributed by atoms with Crippen LogP contribution in [0.2, 0.25) is 0 Å². The fourth-order valence-electron chi connectivity index (χ4n) is 9.42. The van der Waals surface area contributed by atoms with Crippen LogP contribution < -0.4 is 15.8 Å². The van der Waals surface area contributed by atoms with Crippen LogP contribution in [0.15, 0.2) is 79.0 Å². The number of carbonyl (C=O) groups excluding carboxylic acids is 3. The highest BCUT2D eigenvalue weighted by molar-refractivity contribution is 6.07. The summed E-state index contributed by atoms with van der Waals surface area (Å²) in [7, 11) is 2.94. The third-order valence-electron chi connectivity index (χ3n) is 12.7.